The predicted molar refractivity (Wildman–Crippen MR) is 62.9 cm³/mol. The molecule has 4 heteroatoms. The Morgan fingerprint density at radius 3 is 2.75 bits per heavy atom. The highest BCUT2D eigenvalue weighted by Gasteiger charge is 2.12. The van der Waals surface area contributed by atoms with Crippen LogP contribution in [0.3, 0.4) is 0 Å². The van der Waals surface area contributed by atoms with Gasteiger partial charge in [0.1, 0.15) is 5.75 Å². The Morgan fingerprint density at radius 1 is 1.50 bits per heavy atom. The fourth-order valence-electron chi connectivity index (χ4n) is 1.37. The van der Waals surface area contributed by atoms with E-state index in [-0.39, 0.29) is 18.4 Å². The van der Waals surface area contributed by atoms with Crippen molar-refractivity contribution in [3.05, 3.63) is 29.3 Å². The van der Waals surface area contributed by atoms with Crippen molar-refractivity contribution in [3.63, 3.8) is 0 Å². The van der Waals surface area contributed by atoms with E-state index >= 15 is 0 Å². The Hall–Kier alpha value is -1.55. The van der Waals surface area contributed by atoms with Gasteiger partial charge in [0.2, 0.25) is 5.91 Å². The molecule has 1 rings (SSSR count). The van der Waals surface area contributed by atoms with Gasteiger partial charge in [0.05, 0.1) is 12.5 Å². The minimum Gasteiger partial charge on any atom is -0.492 e. The zero-order valence-corrected chi connectivity index (χ0v) is 9.69. The summed E-state index contributed by atoms with van der Waals surface area (Å²) >= 11 is 0. The van der Waals surface area contributed by atoms with Crippen molar-refractivity contribution >= 4 is 5.91 Å². The van der Waals surface area contributed by atoms with E-state index in [1.807, 2.05) is 25.1 Å². The van der Waals surface area contributed by atoms with Gasteiger partial charge in [0.15, 0.2) is 0 Å². The lowest BCUT2D eigenvalue weighted by atomic mass is 10.1. The first-order chi connectivity index (χ1) is 7.56. The number of carbonyl (C=O) groups excluding carboxylic acids is 1. The van der Waals surface area contributed by atoms with Gasteiger partial charge < -0.3 is 16.2 Å². The number of para-hydroxylation sites is 1. The maximum absolute atomic E-state index is 10.9. The highest BCUT2D eigenvalue weighted by atomic mass is 16.5. The van der Waals surface area contributed by atoms with E-state index in [0.717, 1.165) is 16.9 Å². The molecule has 1 amide bonds. The summed E-state index contributed by atoms with van der Waals surface area (Å²) in [6.07, 6.45) is 0. The number of hydrogen-bond acceptors (Lipinski definition) is 3. The van der Waals surface area contributed by atoms with Crippen LogP contribution in [-0.2, 0) is 11.3 Å². The third kappa shape index (κ3) is 2.97. The summed E-state index contributed by atoms with van der Waals surface area (Å²) < 4.78 is 5.60. The number of nitrogens with two attached hydrogens (primary N) is 2. The molecular weight excluding hydrogens is 204 g/mol. The molecule has 1 aromatic rings. The number of hydrogen-bond donors (Lipinski definition) is 2. The molecule has 1 unspecified atom stereocenters. The first kappa shape index (κ1) is 12.5. The Balaban J connectivity index is 2.76. The minimum atomic E-state index is -0.358. The van der Waals surface area contributed by atoms with Crippen LogP contribution in [0.25, 0.3) is 0 Å². The number of benzene rings is 1. The van der Waals surface area contributed by atoms with Crippen molar-refractivity contribution in [2.24, 2.45) is 17.4 Å². The molecule has 0 spiro atoms. The van der Waals surface area contributed by atoms with Gasteiger partial charge in [-0.05, 0) is 12.5 Å². The van der Waals surface area contributed by atoms with Crippen LogP contribution >= 0.6 is 0 Å². The molecule has 0 heterocycles. The number of aryl methyl sites for hydroxylation is 1. The highest BCUT2D eigenvalue weighted by Crippen LogP contribution is 2.23. The molecule has 88 valence electrons. The van der Waals surface area contributed by atoms with E-state index < -0.39 is 0 Å². The second-order valence-electron chi connectivity index (χ2n) is 3.88. The lowest BCUT2D eigenvalue weighted by Crippen LogP contribution is -2.26. The molecule has 0 aliphatic rings. The second kappa shape index (κ2) is 5.51. The molecule has 16 heavy (non-hydrogen) atoms. The van der Waals surface area contributed by atoms with E-state index in [9.17, 15) is 4.79 Å². The summed E-state index contributed by atoms with van der Waals surface area (Å²) in [5.41, 5.74) is 12.7. The molecule has 0 radical (unpaired) electrons. The lowest BCUT2D eigenvalue weighted by Gasteiger charge is -2.15. The third-order valence-corrected chi connectivity index (χ3v) is 2.48. The monoisotopic (exact) mass is 222 g/mol. The van der Waals surface area contributed by atoms with Crippen LogP contribution in [0.15, 0.2) is 18.2 Å². The molecule has 0 saturated heterocycles. The summed E-state index contributed by atoms with van der Waals surface area (Å²) in [7, 11) is 0. The molecule has 4 N–H and O–H groups in total. The number of ether oxygens (including phenoxy) is 1. The maximum atomic E-state index is 10.9. The molecule has 1 aromatic carbocycles. The molecular formula is C12H18N2O2. The largest absolute Gasteiger partial charge is 0.492 e. The van der Waals surface area contributed by atoms with Gasteiger partial charge in [-0.2, -0.15) is 0 Å². The van der Waals surface area contributed by atoms with Crippen LogP contribution in [0, 0.1) is 12.8 Å². The van der Waals surface area contributed by atoms with Crippen LogP contribution in [0.1, 0.15) is 18.1 Å². The van der Waals surface area contributed by atoms with Crippen molar-refractivity contribution in [2.75, 3.05) is 6.61 Å². The molecule has 1 atom stereocenters. The van der Waals surface area contributed by atoms with E-state index in [1.54, 1.807) is 6.92 Å². The Morgan fingerprint density at radius 2 is 2.19 bits per heavy atom. The highest BCUT2D eigenvalue weighted by molar-refractivity contribution is 5.76. The van der Waals surface area contributed by atoms with E-state index in [0.29, 0.717) is 6.54 Å². The van der Waals surface area contributed by atoms with Crippen molar-refractivity contribution < 1.29 is 9.53 Å². The Bertz CT molecular complexity index is 377. The standard InChI is InChI=1S/C12H18N2O2/c1-8-4-3-5-10(6-13)11(8)16-7-9(2)12(14)15/h3-5,9H,6-7,13H2,1-2H3,(H2,14,15). The molecule has 0 aromatic heterocycles. The summed E-state index contributed by atoms with van der Waals surface area (Å²) in [5.74, 6) is 0.103. The van der Waals surface area contributed by atoms with Gasteiger partial charge in [-0.1, -0.05) is 25.1 Å². The Labute approximate surface area is 95.6 Å². The number of amides is 1. The molecule has 0 saturated carbocycles. The van der Waals surface area contributed by atoms with Gasteiger partial charge in [-0.15, -0.1) is 0 Å². The molecule has 0 fully saturated rings. The maximum Gasteiger partial charge on any atom is 0.223 e. The van der Waals surface area contributed by atoms with Crippen molar-refractivity contribution in [2.45, 2.75) is 20.4 Å². The fourth-order valence-corrected chi connectivity index (χ4v) is 1.37. The normalized spacial score (nSPS) is 12.2. The van der Waals surface area contributed by atoms with E-state index in [2.05, 4.69) is 0 Å². The van der Waals surface area contributed by atoms with Crippen molar-refractivity contribution in [1.82, 2.24) is 0 Å². The summed E-state index contributed by atoms with van der Waals surface area (Å²) in [6.45, 7) is 4.39. The SMILES string of the molecule is Cc1cccc(CN)c1OCC(C)C(N)=O. The van der Waals surface area contributed by atoms with Crippen LogP contribution in [0.4, 0.5) is 0 Å². The second-order valence-corrected chi connectivity index (χ2v) is 3.88. The molecule has 0 aliphatic heterocycles. The lowest BCUT2D eigenvalue weighted by molar-refractivity contribution is -0.122. The number of carbonyl (C=O) groups is 1. The summed E-state index contributed by atoms with van der Waals surface area (Å²) in [6, 6.07) is 5.79. The summed E-state index contributed by atoms with van der Waals surface area (Å²) in [5, 5.41) is 0. The zero-order chi connectivity index (χ0) is 12.1. The topological polar surface area (TPSA) is 78.3 Å². The first-order valence-electron chi connectivity index (χ1n) is 5.27. The van der Waals surface area contributed by atoms with Gasteiger partial charge in [0.25, 0.3) is 0 Å². The van der Waals surface area contributed by atoms with Crippen LogP contribution in [-0.4, -0.2) is 12.5 Å². The van der Waals surface area contributed by atoms with Crippen LogP contribution in [0.5, 0.6) is 5.75 Å². The number of primary amides is 1. The van der Waals surface area contributed by atoms with Crippen molar-refractivity contribution in [1.29, 1.82) is 0 Å². The zero-order valence-electron chi connectivity index (χ0n) is 9.69. The average molecular weight is 222 g/mol. The first-order valence-corrected chi connectivity index (χ1v) is 5.27. The van der Waals surface area contributed by atoms with Gasteiger partial charge in [-0.25, -0.2) is 0 Å². The van der Waals surface area contributed by atoms with Gasteiger partial charge in [0, 0.05) is 12.1 Å². The molecule has 0 bridgehead atoms. The third-order valence-electron chi connectivity index (χ3n) is 2.48. The minimum absolute atomic E-state index is 0.285. The van der Waals surface area contributed by atoms with Crippen LogP contribution in [0.2, 0.25) is 0 Å². The Kier molecular flexibility index (Phi) is 4.31. The van der Waals surface area contributed by atoms with E-state index in [4.69, 9.17) is 16.2 Å². The van der Waals surface area contributed by atoms with Crippen LogP contribution < -0.4 is 16.2 Å². The smallest absolute Gasteiger partial charge is 0.223 e. The number of rotatable bonds is 5. The quantitative estimate of drug-likeness (QED) is 0.778. The molecule has 4 nitrogen and oxygen atoms in total. The average Bonchev–Trinajstić information content (AvgIpc) is 2.26. The molecule has 0 aliphatic carbocycles. The summed E-state index contributed by atoms with van der Waals surface area (Å²) in [4.78, 5) is 10.9. The predicted octanol–water partition coefficient (Wildman–Crippen LogP) is 0.954. The van der Waals surface area contributed by atoms with Gasteiger partial charge in [-0.3, -0.25) is 4.79 Å². The van der Waals surface area contributed by atoms with E-state index in [1.165, 1.54) is 0 Å². The fraction of sp³-hybridized carbons (Fsp3) is 0.417. The van der Waals surface area contributed by atoms with Crippen molar-refractivity contribution in [3.8, 4) is 5.75 Å². The van der Waals surface area contributed by atoms with Gasteiger partial charge >= 0.3 is 0 Å².